The van der Waals surface area contributed by atoms with Gasteiger partial charge in [-0.05, 0) is 90.1 Å². The number of aromatic nitrogens is 10. The first kappa shape index (κ1) is 45.3. The zero-order valence-electron chi connectivity index (χ0n) is 37.7. The van der Waals surface area contributed by atoms with Crippen molar-refractivity contribution in [2.75, 3.05) is 0 Å². The van der Waals surface area contributed by atoms with E-state index in [1.54, 1.807) is 0 Å². The van der Waals surface area contributed by atoms with Crippen molar-refractivity contribution in [1.82, 2.24) is 49.1 Å². The zero-order valence-corrected chi connectivity index (χ0v) is 38.8. The molecule has 0 atom stereocenters. The number of rotatable bonds is 4. The monoisotopic (exact) mass is 817 g/mol. The number of hydrogen-bond donors (Lipinski definition) is 0. The van der Waals surface area contributed by atoms with E-state index < -0.39 is 0 Å². The molecule has 6 heterocycles. The molecule has 0 bridgehead atoms. The van der Waals surface area contributed by atoms with Crippen molar-refractivity contribution in [1.29, 1.82) is 0 Å². The maximum absolute atomic E-state index is 4.88. The summed E-state index contributed by atoms with van der Waals surface area (Å²) in [5.41, 5.74) is 7.33. The predicted octanol–water partition coefficient (Wildman–Crippen LogP) is 10.7. The SMILES string of the molecule is CC(C)(C)c1cc(-n2cc(C(C)(C)C)cn2)nc(-n2cc(C(C)(C)C)cn2)c1.CC(C)(C)c1cc(-n2cc(C(C)(C)C)cn2)nc(-n2cc(C(C)(C)C)cn2)c1.[Co+3]. The molecule has 0 aliphatic heterocycles. The van der Waals surface area contributed by atoms with Crippen molar-refractivity contribution in [3.8, 4) is 23.3 Å². The third-order valence-electron chi connectivity index (χ3n) is 10.1. The predicted molar refractivity (Wildman–Crippen MR) is 229 cm³/mol. The summed E-state index contributed by atoms with van der Waals surface area (Å²) in [6, 6.07) is 8.49. The summed E-state index contributed by atoms with van der Waals surface area (Å²) >= 11 is 0. The maximum atomic E-state index is 4.88. The third kappa shape index (κ3) is 11.0. The third-order valence-corrected chi connectivity index (χ3v) is 10.1. The normalized spacial score (nSPS) is 12.9. The van der Waals surface area contributed by atoms with Gasteiger partial charge in [0.05, 0.1) is 24.8 Å². The minimum Gasteiger partial charge on any atom is -0.222 e. The van der Waals surface area contributed by atoms with E-state index in [1.165, 1.54) is 33.4 Å². The van der Waals surface area contributed by atoms with E-state index in [4.69, 9.17) is 9.97 Å². The molecule has 0 radical (unpaired) electrons. The first-order chi connectivity index (χ1) is 25.5. The molecule has 0 aromatic carbocycles. The van der Waals surface area contributed by atoms with Crippen LogP contribution in [0.2, 0.25) is 0 Å². The summed E-state index contributed by atoms with van der Waals surface area (Å²) in [4.78, 5) is 9.76. The Bertz CT molecular complexity index is 1970. The van der Waals surface area contributed by atoms with E-state index in [-0.39, 0.29) is 49.3 Å². The quantitative estimate of drug-likeness (QED) is 0.176. The van der Waals surface area contributed by atoms with E-state index in [1.807, 2.05) is 43.5 Å². The van der Waals surface area contributed by atoms with Crippen LogP contribution in [-0.2, 0) is 49.3 Å². The summed E-state index contributed by atoms with van der Waals surface area (Å²) in [7, 11) is 0. The Balaban J connectivity index is 0.000000248. The Labute approximate surface area is 352 Å². The first-order valence-corrected chi connectivity index (χ1v) is 19.8. The van der Waals surface area contributed by atoms with Crippen LogP contribution in [0, 0.1) is 0 Å². The van der Waals surface area contributed by atoms with Crippen LogP contribution in [0.1, 0.15) is 158 Å². The van der Waals surface area contributed by atoms with Gasteiger partial charge in [0.25, 0.3) is 0 Å². The molecule has 6 aromatic rings. The van der Waals surface area contributed by atoms with E-state index in [9.17, 15) is 0 Å². The van der Waals surface area contributed by atoms with E-state index >= 15 is 0 Å². The minimum atomic E-state index is -0.00748. The van der Waals surface area contributed by atoms with Gasteiger partial charge in [0.15, 0.2) is 23.3 Å². The fraction of sp³-hybridized carbons (Fsp3) is 0.522. The van der Waals surface area contributed by atoms with Crippen LogP contribution >= 0.6 is 0 Å². The Hall–Kier alpha value is -4.35. The van der Waals surface area contributed by atoms with Gasteiger partial charge in [-0.3, -0.25) is 0 Å². The van der Waals surface area contributed by atoms with Gasteiger partial charge in [-0.1, -0.05) is 125 Å². The summed E-state index contributed by atoms with van der Waals surface area (Å²) in [5, 5.41) is 18.3. The number of pyridine rings is 2. The molecule has 0 aliphatic carbocycles. The van der Waals surface area contributed by atoms with E-state index in [0.717, 1.165) is 23.3 Å². The molecular weight excluding hydrogens is 752 g/mol. The molecule has 0 amide bonds. The summed E-state index contributed by atoms with van der Waals surface area (Å²) in [5.74, 6) is 3.24. The average Bonchev–Trinajstić information content (AvgIpc) is 3.88. The molecule has 0 N–H and O–H groups in total. The van der Waals surface area contributed by atoms with Crippen molar-refractivity contribution in [2.45, 2.75) is 157 Å². The Morgan fingerprint density at radius 1 is 0.298 bits per heavy atom. The van der Waals surface area contributed by atoms with Crippen LogP contribution < -0.4 is 0 Å². The molecule has 10 nitrogen and oxygen atoms in total. The van der Waals surface area contributed by atoms with Crippen molar-refractivity contribution in [3.63, 3.8) is 0 Å². The number of hydrogen-bond acceptors (Lipinski definition) is 6. The van der Waals surface area contributed by atoms with Crippen LogP contribution in [-0.4, -0.2) is 49.1 Å². The second kappa shape index (κ2) is 15.8. The molecule has 0 saturated heterocycles. The van der Waals surface area contributed by atoms with Gasteiger partial charge >= 0.3 is 16.8 Å². The van der Waals surface area contributed by atoms with Gasteiger partial charge in [0.2, 0.25) is 0 Å². The molecule has 0 saturated carbocycles. The molecule has 0 fully saturated rings. The van der Waals surface area contributed by atoms with Gasteiger partial charge in [-0.2, -0.15) is 20.4 Å². The molecule has 6 aromatic heterocycles. The van der Waals surface area contributed by atoms with Crippen LogP contribution in [0.15, 0.2) is 73.8 Å². The molecule has 0 spiro atoms. The molecule has 0 aliphatic rings. The first-order valence-electron chi connectivity index (χ1n) is 19.8. The standard InChI is InChI=1S/2C23H33N5.Co/c2*1-21(2,3)16-10-19(27-14-17(12-24-27)22(4,5)6)26-20(11-16)28-15-18(13-25-28)23(7,8)9;/h2*10-15H,1-9H3;/q;;+3. The topological polar surface area (TPSA) is 97.1 Å². The fourth-order valence-corrected chi connectivity index (χ4v) is 5.68. The maximum Gasteiger partial charge on any atom is 3.00 e. The number of nitrogens with zero attached hydrogens (tertiary/aromatic N) is 10. The van der Waals surface area contributed by atoms with Crippen LogP contribution in [0.25, 0.3) is 23.3 Å². The summed E-state index contributed by atoms with van der Waals surface area (Å²) in [6.07, 6.45) is 16.0. The Morgan fingerprint density at radius 2 is 0.474 bits per heavy atom. The van der Waals surface area contributed by atoms with Crippen molar-refractivity contribution in [2.24, 2.45) is 0 Å². The van der Waals surface area contributed by atoms with E-state index in [0.29, 0.717) is 0 Å². The average molecular weight is 818 g/mol. The Morgan fingerprint density at radius 3 is 0.614 bits per heavy atom. The zero-order chi connectivity index (χ0) is 41.8. The van der Waals surface area contributed by atoms with E-state index in [2.05, 4.69) is 194 Å². The molecule has 0 unspecified atom stereocenters. The van der Waals surface area contributed by atoms with Gasteiger partial charge in [-0.25, -0.2) is 28.7 Å². The van der Waals surface area contributed by atoms with Gasteiger partial charge < -0.3 is 0 Å². The smallest absolute Gasteiger partial charge is 0.222 e. The molecule has 57 heavy (non-hydrogen) atoms. The van der Waals surface area contributed by atoms with Crippen molar-refractivity contribution >= 4 is 0 Å². The summed E-state index contributed by atoms with van der Waals surface area (Å²) < 4.78 is 7.47. The van der Waals surface area contributed by atoms with Gasteiger partial charge in [0, 0.05) is 24.8 Å². The van der Waals surface area contributed by atoms with Crippen LogP contribution in [0.5, 0.6) is 0 Å². The molecule has 6 rings (SSSR count). The Kier molecular flexibility index (Phi) is 12.5. The molecule has 306 valence electrons. The van der Waals surface area contributed by atoms with Crippen molar-refractivity contribution < 1.29 is 16.8 Å². The molecule has 11 heteroatoms. The van der Waals surface area contributed by atoms with Gasteiger partial charge in [0.1, 0.15) is 0 Å². The van der Waals surface area contributed by atoms with Crippen LogP contribution in [0.4, 0.5) is 0 Å². The largest absolute Gasteiger partial charge is 3.00 e. The molecular formula is C46H66CoN10+3. The second-order valence-corrected chi connectivity index (χ2v) is 21.3. The second-order valence-electron chi connectivity index (χ2n) is 21.3. The van der Waals surface area contributed by atoms with Crippen LogP contribution in [0.3, 0.4) is 0 Å². The summed E-state index contributed by atoms with van der Waals surface area (Å²) in [6.45, 7) is 39.6. The van der Waals surface area contributed by atoms with Gasteiger partial charge in [-0.15, -0.1) is 0 Å². The van der Waals surface area contributed by atoms with Crippen molar-refractivity contribution in [3.05, 3.63) is 107 Å². The minimum absolute atomic E-state index is 0. The fourth-order valence-electron chi connectivity index (χ4n) is 5.68.